The molecule has 0 radical (unpaired) electrons. The van der Waals surface area contributed by atoms with Gasteiger partial charge in [-0.25, -0.2) is 9.97 Å². The molecule has 6 heteroatoms. The van der Waals surface area contributed by atoms with Crippen LogP contribution in [-0.2, 0) is 0 Å². The van der Waals surface area contributed by atoms with Crippen LogP contribution in [0.25, 0.3) is 0 Å². The minimum atomic E-state index is -0.512. The van der Waals surface area contributed by atoms with Crippen LogP contribution in [0.5, 0.6) is 0 Å². The highest BCUT2D eigenvalue weighted by Gasteiger charge is 2.12. The first-order valence-corrected chi connectivity index (χ1v) is 6.72. The lowest BCUT2D eigenvalue weighted by atomic mass is 10.0. The second-order valence-corrected chi connectivity index (χ2v) is 4.41. The Labute approximate surface area is 132 Å². The summed E-state index contributed by atoms with van der Waals surface area (Å²) in [4.78, 5) is 29.4. The maximum absolute atomic E-state index is 12.0. The Morgan fingerprint density at radius 3 is 2.04 bits per heavy atom. The average molecular weight is 307 g/mol. The van der Waals surface area contributed by atoms with Crippen molar-refractivity contribution in [3.05, 3.63) is 101 Å². The van der Waals surface area contributed by atoms with Crippen LogP contribution < -0.4 is 0 Å². The summed E-state index contributed by atoms with van der Waals surface area (Å²) < 4.78 is 0. The molecule has 0 spiro atoms. The highest BCUT2D eigenvalue weighted by atomic mass is 16.6. The quantitative estimate of drug-likeness (QED) is 0.421. The molecule has 114 valence electrons. The van der Waals surface area contributed by atoms with E-state index in [1.165, 1.54) is 24.5 Å². The Bertz CT molecular complexity index is 751. The number of non-ortho nitro benzene ring substituents is 1. The number of ketones is 1. The topological polar surface area (TPSA) is 86.0 Å². The van der Waals surface area contributed by atoms with Gasteiger partial charge in [-0.3, -0.25) is 14.9 Å². The van der Waals surface area contributed by atoms with Crippen LogP contribution in [0.4, 0.5) is 5.69 Å². The highest BCUT2D eigenvalue weighted by Crippen LogP contribution is 2.16. The molecule has 0 N–H and O–H groups in total. The van der Waals surface area contributed by atoms with Crippen LogP contribution in [-0.4, -0.2) is 20.7 Å². The van der Waals surface area contributed by atoms with Gasteiger partial charge in [-0.2, -0.15) is 0 Å². The van der Waals surface area contributed by atoms with E-state index in [2.05, 4.69) is 9.97 Å². The smallest absolute Gasteiger partial charge is 0.270 e. The first-order chi connectivity index (χ1) is 11.2. The minimum absolute atomic E-state index is 0.0771. The number of carbonyl (C=O) groups is 1. The zero-order valence-corrected chi connectivity index (χ0v) is 12.1. The van der Waals surface area contributed by atoms with Crippen LogP contribution in [0.3, 0.4) is 0 Å². The highest BCUT2D eigenvalue weighted by molar-refractivity contribution is 6.09. The van der Waals surface area contributed by atoms with Crippen LogP contribution in [0.2, 0.25) is 0 Å². The van der Waals surface area contributed by atoms with Gasteiger partial charge < -0.3 is 0 Å². The molecule has 0 fully saturated rings. The summed E-state index contributed by atoms with van der Waals surface area (Å²) >= 11 is 0. The number of nitro benzene ring substituents is 1. The van der Waals surface area contributed by atoms with Crippen LogP contribution >= 0.6 is 0 Å². The molecular weight excluding hydrogens is 294 g/mol. The molecule has 0 unspecified atom stereocenters. The summed E-state index contributed by atoms with van der Waals surface area (Å²) in [5.41, 5.74) is 0.769. The largest absolute Gasteiger partial charge is 0.289 e. The Morgan fingerprint density at radius 2 is 1.52 bits per heavy atom. The SMILES string of the molecule is O=C(c1ccccc1)c1cccc([N+](=O)[O-])c1.c1cncnc1. The predicted molar refractivity (Wildman–Crippen MR) is 85.0 cm³/mol. The molecule has 6 nitrogen and oxygen atoms in total. The van der Waals surface area contributed by atoms with E-state index in [9.17, 15) is 14.9 Å². The van der Waals surface area contributed by atoms with E-state index in [0.29, 0.717) is 11.1 Å². The van der Waals surface area contributed by atoms with Crippen molar-refractivity contribution in [2.45, 2.75) is 0 Å². The van der Waals surface area contributed by atoms with E-state index in [4.69, 9.17) is 0 Å². The van der Waals surface area contributed by atoms with E-state index < -0.39 is 4.92 Å². The van der Waals surface area contributed by atoms with Crippen molar-refractivity contribution >= 4 is 11.5 Å². The van der Waals surface area contributed by atoms with Gasteiger partial charge in [0.15, 0.2) is 5.78 Å². The Balaban J connectivity index is 0.000000268. The van der Waals surface area contributed by atoms with Crippen molar-refractivity contribution in [1.82, 2.24) is 9.97 Å². The molecule has 0 atom stereocenters. The van der Waals surface area contributed by atoms with Gasteiger partial charge in [-0.15, -0.1) is 0 Å². The first-order valence-electron chi connectivity index (χ1n) is 6.72. The van der Waals surface area contributed by atoms with Gasteiger partial charge >= 0.3 is 0 Å². The molecule has 0 aliphatic rings. The molecule has 0 bridgehead atoms. The standard InChI is InChI=1S/C13H9NO3.C4H4N2/c15-13(10-5-2-1-3-6-10)11-7-4-8-12(9-11)14(16)17;1-2-5-4-6-3-1/h1-9H;1-4H. The lowest BCUT2D eigenvalue weighted by molar-refractivity contribution is -0.384. The molecule has 0 aliphatic heterocycles. The number of nitro groups is 1. The molecule has 3 rings (SSSR count). The molecule has 2 aromatic carbocycles. The van der Waals surface area contributed by atoms with Gasteiger partial charge in [-0.05, 0) is 6.07 Å². The second kappa shape index (κ2) is 8.14. The molecule has 1 aromatic heterocycles. The van der Waals surface area contributed by atoms with Gasteiger partial charge in [0.25, 0.3) is 5.69 Å². The minimum Gasteiger partial charge on any atom is -0.289 e. The van der Waals surface area contributed by atoms with Gasteiger partial charge in [0.2, 0.25) is 0 Å². The second-order valence-electron chi connectivity index (χ2n) is 4.41. The van der Waals surface area contributed by atoms with Crippen LogP contribution in [0.15, 0.2) is 79.4 Å². The maximum Gasteiger partial charge on any atom is 0.270 e. The van der Waals surface area contributed by atoms with Crippen molar-refractivity contribution < 1.29 is 9.72 Å². The van der Waals surface area contributed by atoms with Crippen molar-refractivity contribution in [2.75, 3.05) is 0 Å². The van der Waals surface area contributed by atoms with Gasteiger partial charge in [0, 0.05) is 35.7 Å². The number of rotatable bonds is 3. The van der Waals surface area contributed by atoms with E-state index in [1.807, 2.05) is 6.07 Å². The fourth-order valence-corrected chi connectivity index (χ4v) is 1.77. The van der Waals surface area contributed by atoms with E-state index in [0.717, 1.165) is 0 Å². The zero-order chi connectivity index (χ0) is 16.5. The normalized spacial score (nSPS) is 9.39. The fourth-order valence-electron chi connectivity index (χ4n) is 1.77. The summed E-state index contributed by atoms with van der Waals surface area (Å²) in [6, 6.07) is 16.2. The number of benzene rings is 2. The molecule has 0 saturated heterocycles. The summed E-state index contributed by atoms with van der Waals surface area (Å²) in [5, 5.41) is 10.6. The number of hydrogen-bond acceptors (Lipinski definition) is 5. The van der Waals surface area contributed by atoms with Crippen molar-refractivity contribution in [3.63, 3.8) is 0 Å². The third kappa shape index (κ3) is 4.82. The molecule has 1 heterocycles. The Morgan fingerprint density at radius 1 is 0.870 bits per heavy atom. The first kappa shape index (κ1) is 16.0. The van der Waals surface area contributed by atoms with Gasteiger partial charge in [-0.1, -0.05) is 42.5 Å². The van der Waals surface area contributed by atoms with Gasteiger partial charge in [0.1, 0.15) is 6.33 Å². The zero-order valence-electron chi connectivity index (χ0n) is 12.1. The van der Waals surface area contributed by atoms with E-state index >= 15 is 0 Å². The molecule has 0 aliphatic carbocycles. The van der Waals surface area contributed by atoms with E-state index in [-0.39, 0.29) is 11.5 Å². The molecule has 23 heavy (non-hydrogen) atoms. The van der Waals surface area contributed by atoms with Crippen molar-refractivity contribution in [2.24, 2.45) is 0 Å². The molecule has 3 aromatic rings. The Kier molecular flexibility index (Phi) is 5.65. The summed E-state index contributed by atoms with van der Waals surface area (Å²) in [7, 11) is 0. The lowest BCUT2D eigenvalue weighted by Crippen LogP contribution is -2.01. The van der Waals surface area contributed by atoms with Crippen LogP contribution in [0, 0.1) is 10.1 Å². The fraction of sp³-hybridized carbons (Fsp3) is 0. The average Bonchev–Trinajstić information content (AvgIpc) is 2.64. The lowest BCUT2D eigenvalue weighted by Gasteiger charge is -2.00. The summed E-state index contributed by atoms with van der Waals surface area (Å²) in [6.07, 6.45) is 4.88. The molecular formula is C17H13N3O3. The number of carbonyl (C=O) groups excluding carboxylic acids is 1. The van der Waals surface area contributed by atoms with Crippen LogP contribution in [0.1, 0.15) is 15.9 Å². The number of aromatic nitrogens is 2. The third-order valence-corrected chi connectivity index (χ3v) is 2.83. The number of nitrogens with zero attached hydrogens (tertiary/aromatic N) is 3. The van der Waals surface area contributed by atoms with Crippen molar-refractivity contribution in [1.29, 1.82) is 0 Å². The third-order valence-electron chi connectivity index (χ3n) is 2.83. The summed E-state index contributed by atoms with van der Waals surface area (Å²) in [5.74, 6) is -0.214. The predicted octanol–water partition coefficient (Wildman–Crippen LogP) is 3.30. The van der Waals surface area contributed by atoms with Crippen molar-refractivity contribution in [3.8, 4) is 0 Å². The Hall–Kier alpha value is -3.41. The summed E-state index contributed by atoms with van der Waals surface area (Å²) in [6.45, 7) is 0. The maximum atomic E-state index is 12.0. The molecule has 0 saturated carbocycles. The van der Waals surface area contributed by atoms with Gasteiger partial charge in [0.05, 0.1) is 4.92 Å². The monoisotopic (exact) mass is 307 g/mol. The molecule has 0 amide bonds. The number of hydrogen-bond donors (Lipinski definition) is 0. The van der Waals surface area contributed by atoms with E-state index in [1.54, 1.807) is 48.8 Å².